The predicted molar refractivity (Wildman–Crippen MR) is 73.4 cm³/mol. The minimum Gasteiger partial charge on any atom is -0.325 e. The first-order valence-electron chi connectivity index (χ1n) is 6.30. The molecule has 1 aromatic heterocycles. The number of aromatic nitrogens is 1. The molecule has 0 aliphatic heterocycles. The molecule has 0 bridgehead atoms. The largest absolute Gasteiger partial charge is 0.325 e. The number of benzene rings is 1. The molecule has 1 heterocycles. The lowest BCUT2D eigenvalue weighted by molar-refractivity contribution is 0.436. The van der Waals surface area contributed by atoms with Crippen LogP contribution in [-0.2, 0) is 6.42 Å². The Morgan fingerprint density at radius 2 is 2.12 bits per heavy atom. The molecule has 0 atom stereocenters. The van der Waals surface area contributed by atoms with Crippen LogP contribution in [0.1, 0.15) is 36.3 Å². The Kier molecular flexibility index (Phi) is 2.68. The minimum atomic E-state index is 0.0168. The van der Waals surface area contributed by atoms with E-state index < -0.39 is 0 Å². The van der Waals surface area contributed by atoms with Crippen molar-refractivity contribution in [3.63, 3.8) is 0 Å². The van der Waals surface area contributed by atoms with Crippen molar-refractivity contribution in [1.82, 2.24) is 4.98 Å². The maximum absolute atomic E-state index is 6.41. The van der Waals surface area contributed by atoms with Crippen LogP contribution in [0.5, 0.6) is 0 Å². The van der Waals surface area contributed by atoms with E-state index in [1.54, 1.807) is 11.3 Å². The van der Waals surface area contributed by atoms with Crippen molar-refractivity contribution in [3.05, 3.63) is 28.8 Å². The zero-order valence-electron chi connectivity index (χ0n) is 10.2. The predicted octanol–water partition coefficient (Wildman–Crippen LogP) is 3.42. The summed E-state index contributed by atoms with van der Waals surface area (Å²) in [6.45, 7) is 2.11. The normalized spacial score (nSPS) is 18.9. The lowest BCUT2D eigenvalue weighted by atomic mass is 9.95. The Morgan fingerprint density at radius 3 is 2.88 bits per heavy atom. The average molecular weight is 246 g/mol. The van der Waals surface area contributed by atoms with Gasteiger partial charge >= 0.3 is 0 Å². The van der Waals surface area contributed by atoms with Crippen molar-refractivity contribution in [2.24, 2.45) is 5.73 Å². The van der Waals surface area contributed by atoms with Gasteiger partial charge in [-0.25, -0.2) is 4.98 Å². The Hall–Kier alpha value is -0.930. The Morgan fingerprint density at radius 1 is 1.35 bits per heavy atom. The van der Waals surface area contributed by atoms with Gasteiger partial charge in [0.15, 0.2) is 0 Å². The molecular weight excluding hydrogens is 228 g/mol. The van der Waals surface area contributed by atoms with E-state index in [0.717, 1.165) is 24.8 Å². The van der Waals surface area contributed by atoms with Gasteiger partial charge in [-0.3, -0.25) is 0 Å². The van der Waals surface area contributed by atoms with Gasteiger partial charge in [0, 0.05) is 12.0 Å². The lowest BCUT2D eigenvalue weighted by Crippen LogP contribution is -2.38. The molecule has 1 aliphatic rings. The Bertz CT molecular complexity index is 538. The second-order valence-corrected chi connectivity index (χ2v) is 6.44. The van der Waals surface area contributed by atoms with Gasteiger partial charge in [0.1, 0.15) is 0 Å². The summed E-state index contributed by atoms with van der Waals surface area (Å²) < 4.78 is 1.28. The summed E-state index contributed by atoms with van der Waals surface area (Å²) in [5.74, 6) is 0. The van der Waals surface area contributed by atoms with E-state index in [9.17, 15) is 0 Å². The third kappa shape index (κ3) is 2.22. The molecule has 90 valence electrons. The summed E-state index contributed by atoms with van der Waals surface area (Å²) in [5.41, 5.74) is 8.83. The van der Waals surface area contributed by atoms with E-state index in [0.29, 0.717) is 0 Å². The number of hydrogen-bond acceptors (Lipinski definition) is 3. The van der Waals surface area contributed by atoms with E-state index in [4.69, 9.17) is 10.7 Å². The van der Waals surface area contributed by atoms with E-state index in [2.05, 4.69) is 25.1 Å². The highest BCUT2D eigenvalue weighted by molar-refractivity contribution is 7.18. The SMILES string of the molecule is Cc1ccc2sc(CC3(N)CCCC3)nc2c1. The summed E-state index contributed by atoms with van der Waals surface area (Å²) in [6.07, 6.45) is 5.82. The Labute approximate surface area is 106 Å². The van der Waals surface area contributed by atoms with E-state index in [-0.39, 0.29) is 5.54 Å². The minimum absolute atomic E-state index is 0.0168. The third-order valence-corrected chi connectivity index (χ3v) is 4.73. The summed E-state index contributed by atoms with van der Waals surface area (Å²) in [7, 11) is 0. The van der Waals surface area contributed by atoms with Crippen LogP contribution in [0.25, 0.3) is 10.2 Å². The molecule has 0 amide bonds. The van der Waals surface area contributed by atoms with Crippen molar-refractivity contribution in [2.45, 2.75) is 44.6 Å². The van der Waals surface area contributed by atoms with Crippen LogP contribution in [0.4, 0.5) is 0 Å². The molecule has 2 nitrogen and oxygen atoms in total. The smallest absolute Gasteiger partial charge is 0.0956 e. The fourth-order valence-electron chi connectivity index (χ4n) is 2.72. The molecule has 2 aromatic rings. The number of thiazole rings is 1. The van der Waals surface area contributed by atoms with Gasteiger partial charge in [-0.15, -0.1) is 11.3 Å². The van der Waals surface area contributed by atoms with Crippen molar-refractivity contribution in [3.8, 4) is 0 Å². The highest BCUT2D eigenvalue weighted by Gasteiger charge is 2.30. The zero-order chi connectivity index (χ0) is 11.9. The third-order valence-electron chi connectivity index (χ3n) is 3.69. The summed E-state index contributed by atoms with van der Waals surface area (Å²) >= 11 is 1.80. The van der Waals surface area contributed by atoms with Gasteiger partial charge in [0.05, 0.1) is 15.2 Å². The second kappa shape index (κ2) is 4.07. The van der Waals surface area contributed by atoms with Crippen LogP contribution in [0.3, 0.4) is 0 Å². The number of aryl methyl sites for hydroxylation is 1. The van der Waals surface area contributed by atoms with Gasteiger partial charge in [-0.05, 0) is 37.5 Å². The van der Waals surface area contributed by atoms with Crippen LogP contribution in [0, 0.1) is 6.92 Å². The molecule has 1 aromatic carbocycles. The maximum atomic E-state index is 6.41. The monoisotopic (exact) mass is 246 g/mol. The fraction of sp³-hybridized carbons (Fsp3) is 0.500. The van der Waals surface area contributed by atoms with Crippen molar-refractivity contribution < 1.29 is 0 Å². The first-order chi connectivity index (χ1) is 8.15. The first kappa shape index (κ1) is 11.2. The highest BCUT2D eigenvalue weighted by Crippen LogP contribution is 2.33. The van der Waals surface area contributed by atoms with Gasteiger partial charge in [0.25, 0.3) is 0 Å². The number of nitrogens with zero attached hydrogens (tertiary/aromatic N) is 1. The molecule has 3 heteroatoms. The van der Waals surface area contributed by atoms with Crippen molar-refractivity contribution in [1.29, 1.82) is 0 Å². The topological polar surface area (TPSA) is 38.9 Å². The first-order valence-corrected chi connectivity index (χ1v) is 7.11. The van der Waals surface area contributed by atoms with Gasteiger partial charge in [-0.1, -0.05) is 18.9 Å². The molecule has 0 spiro atoms. The maximum Gasteiger partial charge on any atom is 0.0956 e. The molecule has 3 rings (SSSR count). The molecule has 2 N–H and O–H groups in total. The van der Waals surface area contributed by atoms with Crippen LogP contribution in [0.2, 0.25) is 0 Å². The van der Waals surface area contributed by atoms with E-state index >= 15 is 0 Å². The summed E-state index contributed by atoms with van der Waals surface area (Å²) in [6, 6.07) is 6.48. The van der Waals surface area contributed by atoms with Crippen molar-refractivity contribution >= 4 is 21.6 Å². The van der Waals surface area contributed by atoms with Crippen LogP contribution in [0.15, 0.2) is 18.2 Å². The summed E-state index contributed by atoms with van der Waals surface area (Å²) in [4.78, 5) is 4.72. The standard InChI is InChI=1S/C14H18N2S/c1-10-4-5-12-11(8-10)16-13(17-12)9-14(15)6-2-3-7-14/h4-5,8H,2-3,6-7,9,15H2,1H3. The number of nitrogens with two attached hydrogens (primary N) is 1. The molecule has 1 aliphatic carbocycles. The van der Waals surface area contributed by atoms with E-state index in [1.807, 2.05) is 0 Å². The van der Waals surface area contributed by atoms with Gasteiger partial charge in [0.2, 0.25) is 0 Å². The molecule has 1 saturated carbocycles. The number of rotatable bonds is 2. The molecule has 0 unspecified atom stereocenters. The van der Waals surface area contributed by atoms with Gasteiger partial charge < -0.3 is 5.73 Å². The number of hydrogen-bond donors (Lipinski definition) is 1. The van der Waals surface area contributed by atoms with Crippen LogP contribution >= 0.6 is 11.3 Å². The summed E-state index contributed by atoms with van der Waals surface area (Å²) in [5, 5.41) is 1.20. The average Bonchev–Trinajstić information content (AvgIpc) is 2.84. The molecule has 0 radical (unpaired) electrons. The fourth-order valence-corrected chi connectivity index (χ4v) is 3.82. The lowest BCUT2D eigenvalue weighted by Gasteiger charge is -2.21. The molecule has 0 saturated heterocycles. The van der Waals surface area contributed by atoms with Gasteiger partial charge in [-0.2, -0.15) is 0 Å². The second-order valence-electron chi connectivity index (χ2n) is 5.33. The molecule has 1 fully saturated rings. The van der Waals surface area contributed by atoms with Crippen LogP contribution < -0.4 is 5.73 Å². The highest BCUT2D eigenvalue weighted by atomic mass is 32.1. The van der Waals surface area contributed by atoms with E-state index in [1.165, 1.54) is 28.1 Å². The quantitative estimate of drug-likeness (QED) is 0.882. The van der Waals surface area contributed by atoms with Crippen LogP contribution in [-0.4, -0.2) is 10.5 Å². The number of fused-ring (bicyclic) bond motifs is 1. The molecular formula is C14H18N2S. The zero-order valence-corrected chi connectivity index (χ0v) is 11.0. The van der Waals surface area contributed by atoms with Crippen molar-refractivity contribution in [2.75, 3.05) is 0 Å². The molecule has 17 heavy (non-hydrogen) atoms. The Balaban J connectivity index is 1.90.